The Balaban J connectivity index is 1.65. The maximum atomic E-state index is 12.5. The molecule has 2 amide bonds. The van der Waals surface area contributed by atoms with Crippen LogP contribution in [0.5, 0.6) is 0 Å². The fraction of sp³-hybridized carbons (Fsp3) is 0.333. The zero-order chi connectivity index (χ0) is 23.3. The van der Waals surface area contributed by atoms with Crippen molar-refractivity contribution in [2.45, 2.75) is 39.8 Å². The lowest BCUT2D eigenvalue weighted by Crippen LogP contribution is -2.30. The number of thioether (sulfide) groups is 1. The molecule has 32 heavy (non-hydrogen) atoms. The van der Waals surface area contributed by atoms with Gasteiger partial charge in [-0.25, -0.2) is 0 Å². The van der Waals surface area contributed by atoms with Crippen LogP contribution in [0.3, 0.4) is 0 Å². The largest absolute Gasteiger partial charge is 0.339 e. The first-order valence-corrected chi connectivity index (χ1v) is 11.6. The molecule has 0 atom stereocenters. The number of carbonyl (C=O) groups excluding carboxylic acids is 2. The van der Waals surface area contributed by atoms with E-state index in [0.717, 1.165) is 22.6 Å². The molecule has 1 heterocycles. The van der Waals surface area contributed by atoms with Gasteiger partial charge in [0.15, 0.2) is 5.16 Å². The fourth-order valence-corrected chi connectivity index (χ4v) is 4.18. The monoisotopic (exact) mass is 451 g/mol. The predicted octanol–water partition coefficient (Wildman–Crippen LogP) is 4.41. The van der Waals surface area contributed by atoms with Crippen molar-refractivity contribution in [3.05, 3.63) is 65.0 Å². The Morgan fingerprint density at radius 2 is 1.69 bits per heavy atom. The zero-order valence-corrected chi connectivity index (χ0v) is 20.0. The van der Waals surface area contributed by atoms with E-state index in [0.29, 0.717) is 29.5 Å². The van der Waals surface area contributed by atoms with E-state index in [9.17, 15) is 9.59 Å². The first-order valence-electron chi connectivity index (χ1n) is 10.7. The number of nitrogens with zero attached hydrogens (tertiary/aromatic N) is 4. The highest BCUT2D eigenvalue weighted by atomic mass is 32.2. The third-order valence-corrected chi connectivity index (χ3v) is 6.13. The van der Waals surface area contributed by atoms with E-state index >= 15 is 0 Å². The highest BCUT2D eigenvalue weighted by Crippen LogP contribution is 2.25. The van der Waals surface area contributed by atoms with Crippen molar-refractivity contribution < 1.29 is 9.59 Å². The number of nitrogens with one attached hydrogen (secondary N) is 1. The van der Waals surface area contributed by atoms with Crippen LogP contribution in [0.1, 0.15) is 41.2 Å². The average molecular weight is 452 g/mol. The molecule has 3 aromatic rings. The number of carbonyl (C=O) groups is 2. The molecule has 0 bridgehead atoms. The predicted molar refractivity (Wildman–Crippen MR) is 129 cm³/mol. The van der Waals surface area contributed by atoms with Gasteiger partial charge in [0.05, 0.1) is 11.4 Å². The third kappa shape index (κ3) is 5.37. The van der Waals surface area contributed by atoms with E-state index in [1.165, 1.54) is 11.8 Å². The van der Waals surface area contributed by atoms with Gasteiger partial charge in [-0.1, -0.05) is 23.9 Å². The summed E-state index contributed by atoms with van der Waals surface area (Å²) in [5.41, 5.74) is 4.54. The van der Waals surface area contributed by atoms with Crippen molar-refractivity contribution in [1.29, 1.82) is 0 Å². The molecule has 0 saturated heterocycles. The molecule has 0 fully saturated rings. The van der Waals surface area contributed by atoms with E-state index < -0.39 is 0 Å². The van der Waals surface area contributed by atoms with Crippen LogP contribution < -0.4 is 5.32 Å². The van der Waals surface area contributed by atoms with E-state index in [-0.39, 0.29) is 17.6 Å². The Morgan fingerprint density at radius 1 is 1.00 bits per heavy atom. The molecule has 168 valence electrons. The lowest BCUT2D eigenvalue weighted by molar-refractivity contribution is -0.113. The summed E-state index contributed by atoms with van der Waals surface area (Å²) in [6.45, 7) is 11.2. The van der Waals surface area contributed by atoms with E-state index in [1.807, 2.05) is 39.2 Å². The minimum atomic E-state index is -0.147. The number of benzene rings is 2. The van der Waals surface area contributed by atoms with Crippen molar-refractivity contribution in [2.24, 2.45) is 0 Å². The summed E-state index contributed by atoms with van der Waals surface area (Å²) in [6.07, 6.45) is 0. The van der Waals surface area contributed by atoms with Crippen molar-refractivity contribution in [1.82, 2.24) is 19.7 Å². The summed E-state index contributed by atoms with van der Waals surface area (Å²) in [4.78, 5) is 26.7. The second-order valence-electron chi connectivity index (χ2n) is 7.55. The standard InChI is InChI=1S/C24H29N5O2S/c1-6-28(7-2)23(31)19-10-12-20(13-11-19)25-22(30)15-32-24-27-26-18(5)29(24)21-14-16(3)8-9-17(21)4/h8-14H,6-7,15H2,1-5H3,(H,25,30). The van der Waals surface area contributed by atoms with Gasteiger partial charge in [0.1, 0.15) is 5.82 Å². The zero-order valence-electron chi connectivity index (χ0n) is 19.2. The summed E-state index contributed by atoms with van der Waals surface area (Å²) in [7, 11) is 0. The Hall–Kier alpha value is -3.13. The van der Waals surface area contributed by atoms with Gasteiger partial charge in [0.2, 0.25) is 5.91 Å². The van der Waals surface area contributed by atoms with Crippen LogP contribution in [0.25, 0.3) is 5.69 Å². The van der Waals surface area contributed by atoms with Crippen LogP contribution in [-0.4, -0.2) is 50.3 Å². The van der Waals surface area contributed by atoms with Crippen molar-refractivity contribution >= 4 is 29.3 Å². The fourth-order valence-electron chi connectivity index (χ4n) is 3.39. The molecule has 0 aliphatic heterocycles. The number of amides is 2. The molecule has 1 aromatic heterocycles. The van der Waals surface area contributed by atoms with Crippen molar-refractivity contribution in [3.8, 4) is 5.69 Å². The maximum Gasteiger partial charge on any atom is 0.253 e. The first-order chi connectivity index (χ1) is 15.3. The number of hydrogen-bond donors (Lipinski definition) is 1. The van der Waals surface area contributed by atoms with Crippen molar-refractivity contribution in [3.63, 3.8) is 0 Å². The molecule has 0 spiro atoms. The molecule has 3 rings (SSSR count). The van der Waals surface area contributed by atoms with E-state index in [1.54, 1.807) is 29.2 Å². The molecule has 2 aromatic carbocycles. The van der Waals surface area contributed by atoms with Gasteiger partial charge < -0.3 is 10.2 Å². The quantitative estimate of drug-likeness (QED) is 0.513. The number of anilines is 1. The Bertz CT molecular complexity index is 1100. The summed E-state index contributed by atoms with van der Waals surface area (Å²) in [5.74, 6) is 0.814. The van der Waals surface area contributed by atoms with Gasteiger partial charge in [-0.3, -0.25) is 14.2 Å². The van der Waals surface area contributed by atoms with Crippen LogP contribution in [-0.2, 0) is 4.79 Å². The van der Waals surface area contributed by atoms with Crippen LogP contribution in [0.2, 0.25) is 0 Å². The second-order valence-corrected chi connectivity index (χ2v) is 8.49. The maximum absolute atomic E-state index is 12.5. The normalized spacial score (nSPS) is 10.8. The number of hydrogen-bond acceptors (Lipinski definition) is 5. The molecule has 8 heteroatoms. The topological polar surface area (TPSA) is 80.1 Å². The van der Waals surface area contributed by atoms with Gasteiger partial charge in [0.25, 0.3) is 5.91 Å². The minimum Gasteiger partial charge on any atom is -0.339 e. The molecule has 0 saturated carbocycles. The minimum absolute atomic E-state index is 0.00965. The lowest BCUT2D eigenvalue weighted by atomic mass is 10.1. The molecule has 0 radical (unpaired) electrons. The Morgan fingerprint density at radius 3 is 2.34 bits per heavy atom. The highest BCUT2D eigenvalue weighted by molar-refractivity contribution is 7.99. The van der Waals surface area contributed by atoms with Gasteiger partial charge in [-0.05, 0) is 76.1 Å². The Kier molecular flexibility index (Phi) is 7.69. The van der Waals surface area contributed by atoms with Crippen LogP contribution >= 0.6 is 11.8 Å². The van der Waals surface area contributed by atoms with Gasteiger partial charge >= 0.3 is 0 Å². The molecular weight excluding hydrogens is 422 g/mol. The van der Waals surface area contributed by atoms with E-state index in [4.69, 9.17) is 0 Å². The molecule has 0 aliphatic carbocycles. The smallest absolute Gasteiger partial charge is 0.253 e. The van der Waals surface area contributed by atoms with Gasteiger partial charge in [0, 0.05) is 24.3 Å². The highest BCUT2D eigenvalue weighted by Gasteiger charge is 2.16. The SMILES string of the molecule is CCN(CC)C(=O)c1ccc(NC(=O)CSc2nnc(C)n2-c2cc(C)ccc2C)cc1. The van der Waals surface area contributed by atoms with E-state index in [2.05, 4.69) is 33.7 Å². The molecule has 0 unspecified atom stereocenters. The summed E-state index contributed by atoms with van der Waals surface area (Å²) >= 11 is 1.34. The first kappa shape index (κ1) is 23.5. The second kappa shape index (κ2) is 10.5. The van der Waals surface area contributed by atoms with Gasteiger partial charge in [-0.15, -0.1) is 10.2 Å². The lowest BCUT2D eigenvalue weighted by Gasteiger charge is -2.18. The molecule has 0 aliphatic rings. The number of aromatic nitrogens is 3. The summed E-state index contributed by atoms with van der Waals surface area (Å²) < 4.78 is 1.98. The third-order valence-electron chi connectivity index (χ3n) is 5.20. The average Bonchev–Trinajstić information content (AvgIpc) is 3.15. The number of aryl methyl sites for hydroxylation is 3. The van der Waals surface area contributed by atoms with Crippen LogP contribution in [0.15, 0.2) is 47.6 Å². The molecule has 7 nitrogen and oxygen atoms in total. The molecular formula is C24H29N5O2S. The van der Waals surface area contributed by atoms with Crippen LogP contribution in [0, 0.1) is 20.8 Å². The van der Waals surface area contributed by atoms with Gasteiger partial charge in [-0.2, -0.15) is 0 Å². The summed E-state index contributed by atoms with van der Waals surface area (Å²) in [5, 5.41) is 12.0. The summed E-state index contributed by atoms with van der Waals surface area (Å²) in [6, 6.07) is 13.2. The Labute approximate surface area is 193 Å². The molecule has 1 N–H and O–H groups in total. The van der Waals surface area contributed by atoms with Crippen LogP contribution in [0.4, 0.5) is 5.69 Å². The number of rotatable bonds is 8. The van der Waals surface area contributed by atoms with Crippen molar-refractivity contribution in [2.75, 3.05) is 24.2 Å².